The van der Waals surface area contributed by atoms with Crippen LogP contribution in [0.1, 0.15) is 51.9 Å². The lowest BCUT2D eigenvalue weighted by atomic mass is 9.77. The fraction of sp³-hybridized carbons (Fsp3) is 0.423. The number of hydrogen-bond donors (Lipinski definition) is 1. The molecule has 1 fully saturated rings. The molecule has 0 aromatic carbocycles. The summed E-state index contributed by atoms with van der Waals surface area (Å²) in [5.41, 5.74) is 8.10. The summed E-state index contributed by atoms with van der Waals surface area (Å²) in [6.45, 7) is 8.24. The maximum atomic E-state index is 12.6. The molecular formula is C26H31N9O2. The summed E-state index contributed by atoms with van der Waals surface area (Å²) in [6.07, 6.45) is 10.7. The van der Waals surface area contributed by atoms with Crippen LogP contribution in [0.5, 0.6) is 0 Å². The lowest BCUT2D eigenvalue weighted by Gasteiger charge is -2.31. The first-order valence-electron chi connectivity index (χ1n) is 12.2. The first kappa shape index (κ1) is 24.5. The molecular weight excluding hydrogens is 470 g/mol. The van der Waals surface area contributed by atoms with Crippen LogP contribution < -0.4 is 5.73 Å². The molecule has 0 saturated heterocycles. The van der Waals surface area contributed by atoms with E-state index >= 15 is 0 Å². The van der Waals surface area contributed by atoms with E-state index < -0.39 is 5.41 Å². The van der Waals surface area contributed by atoms with E-state index in [0.29, 0.717) is 23.2 Å². The van der Waals surface area contributed by atoms with Gasteiger partial charge in [-0.1, -0.05) is 11.2 Å². The largest absolute Gasteiger partial charge is 0.368 e. The van der Waals surface area contributed by atoms with Crippen molar-refractivity contribution in [3.8, 4) is 22.7 Å². The molecule has 1 unspecified atom stereocenters. The van der Waals surface area contributed by atoms with Crippen molar-refractivity contribution in [2.24, 2.45) is 5.92 Å². The third kappa shape index (κ3) is 4.81. The monoisotopic (exact) mass is 501 g/mol. The molecule has 1 amide bonds. The molecule has 4 aromatic rings. The molecule has 1 aliphatic rings. The van der Waals surface area contributed by atoms with E-state index in [1.165, 1.54) is 0 Å². The SMILES string of the molecule is CN(C(=O)Cn1cc(-c2nc(C(C)(c3ccc(-c4cnc(N)nc4)nc3)C3CC3)no2)cn1)C(C)(C)C. The molecule has 11 nitrogen and oxygen atoms in total. The second kappa shape index (κ2) is 9.06. The standard InChI is InChI=1S/C26H31N9O2/c1-25(2,3)34(5)21(36)15-35-14-17(12-31-35)22-32-23(33-37-22)26(4,18-6-7-18)19-8-9-20(28-13-19)16-10-29-24(27)30-11-16/h8-14,18H,6-7,15H2,1-5H3,(H2,27,29,30). The molecule has 11 heteroatoms. The highest BCUT2D eigenvalue weighted by Crippen LogP contribution is 2.50. The minimum Gasteiger partial charge on any atom is -0.368 e. The van der Waals surface area contributed by atoms with Crippen LogP contribution in [0.3, 0.4) is 0 Å². The third-order valence-corrected chi connectivity index (χ3v) is 7.17. The van der Waals surface area contributed by atoms with Crippen LogP contribution in [0.2, 0.25) is 0 Å². The second-order valence-corrected chi connectivity index (χ2v) is 10.7. The van der Waals surface area contributed by atoms with Crippen LogP contribution in [0.25, 0.3) is 22.7 Å². The van der Waals surface area contributed by atoms with Gasteiger partial charge >= 0.3 is 0 Å². The zero-order chi connectivity index (χ0) is 26.4. The van der Waals surface area contributed by atoms with Gasteiger partial charge < -0.3 is 15.2 Å². The van der Waals surface area contributed by atoms with Crippen molar-refractivity contribution >= 4 is 11.9 Å². The van der Waals surface area contributed by atoms with Crippen molar-refractivity contribution in [2.75, 3.05) is 12.8 Å². The van der Waals surface area contributed by atoms with E-state index in [-0.39, 0.29) is 23.9 Å². The van der Waals surface area contributed by atoms with E-state index in [9.17, 15) is 4.79 Å². The van der Waals surface area contributed by atoms with Crippen LogP contribution in [-0.2, 0) is 16.8 Å². The number of hydrogen-bond acceptors (Lipinski definition) is 9. The van der Waals surface area contributed by atoms with Gasteiger partial charge in [0.05, 0.1) is 22.9 Å². The van der Waals surface area contributed by atoms with E-state index in [1.54, 1.807) is 41.4 Å². The van der Waals surface area contributed by atoms with Gasteiger partial charge in [-0.3, -0.25) is 14.5 Å². The number of rotatable bonds is 7. The Morgan fingerprint density at radius 1 is 1.08 bits per heavy atom. The fourth-order valence-electron chi connectivity index (χ4n) is 4.28. The zero-order valence-electron chi connectivity index (χ0n) is 21.7. The predicted octanol–water partition coefficient (Wildman–Crippen LogP) is 3.34. The summed E-state index contributed by atoms with van der Waals surface area (Å²) in [5.74, 6) is 1.55. The van der Waals surface area contributed by atoms with Crippen molar-refractivity contribution in [1.29, 1.82) is 0 Å². The number of carbonyl (C=O) groups is 1. The minimum absolute atomic E-state index is 0.0313. The Kier molecular flexibility index (Phi) is 6.01. The highest BCUT2D eigenvalue weighted by atomic mass is 16.5. The number of nitrogen functional groups attached to an aromatic ring is 1. The lowest BCUT2D eigenvalue weighted by molar-refractivity contribution is -0.134. The minimum atomic E-state index is -0.452. The highest BCUT2D eigenvalue weighted by Gasteiger charge is 2.47. The number of nitrogens with zero attached hydrogens (tertiary/aromatic N) is 8. The molecule has 4 heterocycles. The summed E-state index contributed by atoms with van der Waals surface area (Å²) in [4.78, 5) is 31.8. The van der Waals surface area contributed by atoms with Gasteiger partial charge in [0.25, 0.3) is 5.89 Å². The Labute approximate surface area is 215 Å². The Bertz CT molecular complexity index is 1400. The van der Waals surface area contributed by atoms with Crippen LogP contribution >= 0.6 is 0 Å². The average molecular weight is 502 g/mol. The Morgan fingerprint density at radius 3 is 2.43 bits per heavy atom. The van der Waals surface area contributed by atoms with Crippen LogP contribution in [-0.4, -0.2) is 58.3 Å². The van der Waals surface area contributed by atoms with E-state index in [4.69, 9.17) is 15.2 Å². The molecule has 2 N–H and O–H groups in total. The topological polar surface area (TPSA) is 142 Å². The first-order chi connectivity index (χ1) is 17.6. The Hall–Kier alpha value is -4.15. The quantitative estimate of drug-likeness (QED) is 0.403. The number of likely N-dealkylation sites (N-methyl/N-ethyl adjacent to an activating group) is 1. The summed E-state index contributed by atoms with van der Waals surface area (Å²) in [7, 11) is 1.79. The van der Waals surface area contributed by atoms with Crippen molar-refractivity contribution in [3.63, 3.8) is 0 Å². The highest BCUT2D eigenvalue weighted by molar-refractivity contribution is 5.76. The van der Waals surface area contributed by atoms with E-state index in [0.717, 1.165) is 29.7 Å². The molecule has 4 aromatic heterocycles. The van der Waals surface area contributed by atoms with Crippen LogP contribution in [0.15, 0.2) is 47.6 Å². The molecule has 1 atom stereocenters. The molecule has 0 aliphatic heterocycles. The van der Waals surface area contributed by atoms with Gasteiger partial charge in [-0.25, -0.2) is 9.97 Å². The molecule has 1 saturated carbocycles. The second-order valence-electron chi connectivity index (χ2n) is 10.7. The summed E-state index contributed by atoms with van der Waals surface area (Å²) < 4.78 is 7.25. The summed E-state index contributed by atoms with van der Waals surface area (Å²) in [5, 5.41) is 8.69. The smallest absolute Gasteiger partial charge is 0.261 e. The maximum absolute atomic E-state index is 12.6. The average Bonchev–Trinajstić information content (AvgIpc) is 3.43. The normalized spacial score (nSPS) is 15.4. The summed E-state index contributed by atoms with van der Waals surface area (Å²) >= 11 is 0. The molecule has 1 aliphatic carbocycles. The van der Waals surface area contributed by atoms with Gasteiger partial charge in [-0.2, -0.15) is 10.1 Å². The van der Waals surface area contributed by atoms with Crippen molar-refractivity contribution in [1.82, 2.24) is 39.8 Å². The number of anilines is 1. The van der Waals surface area contributed by atoms with Gasteiger partial charge in [-0.15, -0.1) is 0 Å². The number of aromatic nitrogens is 7. The summed E-state index contributed by atoms with van der Waals surface area (Å²) in [6, 6.07) is 3.99. The fourth-order valence-corrected chi connectivity index (χ4v) is 4.28. The van der Waals surface area contributed by atoms with Crippen LogP contribution in [0, 0.1) is 5.92 Å². The molecule has 192 valence electrons. The van der Waals surface area contributed by atoms with Crippen molar-refractivity contribution < 1.29 is 9.32 Å². The number of amides is 1. The Morgan fingerprint density at radius 2 is 1.81 bits per heavy atom. The number of carbonyl (C=O) groups excluding carboxylic acids is 1. The zero-order valence-corrected chi connectivity index (χ0v) is 21.7. The maximum Gasteiger partial charge on any atom is 0.261 e. The van der Waals surface area contributed by atoms with E-state index in [1.807, 2.05) is 39.1 Å². The van der Waals surface area contributed by atoms with Crippen molar-refractivity contribution in [2.45, 2.75) is 58.0 Å². The molecule has 0 spiro atoms. The Balaban J connectivity index is 1.37. The van der Waals surface area contributed by atoms with Gasteiger partial charge in [-0.05, 0) is 58.1 Å². The lowest BCUT2D eigenvalue weighted by Crippen LogP contribution is -2.44. The molecule has 37 heavy (non-hydrogen) atoms. The third-order valence-electron chi connectivity index (χ3n) is 7.17. The first-order valence-corrected chi connectivity index (χ1v) is 12.2. The van der Waals surface area contributed by atoms with Gasteiger partial charge in [0.1, 0.15) is 6.54 Å². The van der Waals surface area contributed by atoms with Crippen molar-refractivity contribution in [3.05, 3.63) is 54.5 Å². The van der Waals surface area contributed by atoms with Gasteiger partial charge in [0, 0.05) is 42.9 Å². The number of pyridine rings is 1. The molecule has 5 rings (SSSR count). The predicted molar refractivity (Wildman–Crippen MR) is 137 cm³/mol. The van der Waals surface area contributed by atoms with Gasteiger partial charge in [0.15, 0.2) is 5.82 Å². The molecule has 0 bridgehead atoms. The van der Waals surface area contributed by atoms with Gasteiger partial charge in [0.2, 0.25) is 11.9 Å². The van der Waals surface area contributed by atoms with Crippen LogP contribution in [0.4, 0.5) is 5.95 Å². The van der Waals surface area contributed by atoms with E-state index in [2.05, 4.69) is 32.1 Å². The number of nitrogens with two attached hydrogens (primary N) is 1. The molecule has 0 radical (unpaired) electrons.